The number of hydrogen-bond acceptors (Lipinski definition) is 5. The highest BCUT2D eigenvalue weighted by Gasteiger charge is 2.28. The van der Waals surface area contributed by atoms with Gasteiger partial charge in [0.15, 0.2) is 0 Å². The number of H-pyrrole nitrogens is 1. The second-order valence-corrected chi connectivity index (χ2v) is 12.2. The zero-order valence-electron chi connectivity index (χ0n) is 30.0. The first-order valence-electron chi connectivity index (χ1n) is 16.8. The third-order valence-electron chi connectivity index (χ3n) is 9.07. The number of halogens is 3. The van der Waals surface area contributed by atoms with Crippen LogP contribution in [0.1, 0.15) is 74.9 Å². The van der Waals surface area contributed by atoms with Crippen molar-refractivity contribution in [3.63, 3.8) is 0 Å². The van der Waals surface area contributed by atoms with Crippen molar-refractivity contribution < 1.29 is 18.3 Å². The Balaban J connectivity index is 0.00000163. The molecule has 0 fully saturated rings. The number of pyridine rings is 1. The number of benzene rings is 2. The summed E-state index contributed by atoms with van der Waals surface area (Å²) >= 11 is 6.19. The van der Waals surface area contributed by atoms with Crippen molar-refractivity contribution in [1.82, 2.24) is 15.3 Å². The smallest absolute Gasteiger partial charge is 0.144 e. The second kappa shape index (κ2) is 19.0. The van der Waals surface area contributed by atoms with Gasteiger partial charge in [-0.1, -0.05) is 62.8 Å². The Hall–Kier alpha value is -4.58. The van der Waals surface area contributed by atoms with Crippen LogP contribution in [0.25, 0.3) is 27.9 Å². The molecule has 0 aliphatic heterocycles. The van der Waals surface area contributed by atoms with Gasteiger partial charge in [0.2, 0.25) is 0 Å². The van der Waals surface area contributed by atoms with Crippen LogP contribution in [-0.4, -0.2) is 37.8 Å². The zero-order valence-corrected chi connectivity index (χ0v) is 30.8. The topological polar surface area (TPSA) is 85.2 Å². The summed E-state index contributed by atoms with van der Waals surface area (Å²) in [5.74, 6) is 0.292. The molecule has 0 amide bonds. The predicted molar refractivity (Wildman–Crippen MR) is 205 cm³/mol. The first-order valence-corrected chi connectivity index (χ1v) is 17.2. The molecule has 3 unspecified atom stereocenters. The lowest BCUT2D eigenvalue weighted by Gasteiger charge is -2.29. The number of nitrogens with one attached hydrogen (secondary N) is 2. The largest absolute Gasteiger partial charge is 0.497 e. The molecule has 0 bridgehead atoms. The van der Waals surface area contributed by atoms with Gasteiger partial charge in [-0.25, -0.2) is 8.78 Å². The van der Waals surface area contributed by atoms with E-state index in [4.69, 9.17) is 26.1 Å². The fourth-order valence-electron chi connectivity index (χ4n) is 6.32. The summed E-state index contributed by atoms with van der Waals surface area (Å²) < 4.78 is 40.8. The third-order valence-corrected chi connectivity index (χ3v) is 9.36. The number of aromatic amines is 1. The van der Waals surface area contributed by atoms with Crippen LogP contribution in [0.2, 0.25) is 5.02 Å². The number of aromatic nitrogens is 2. The van der Waals surface area contributed by atoms with E-state index in [0.29, 0.717) is 24.4 Å². The number of allylic oxidation sites excluding steroid dienone is 5. The van der Waals surface area contributed by atoms with Crippen LogP contribution in [0.3, 0.4) is 0 Å². The van der Waals surface area contributed by atoms with Crippen LogP contribution in [0.5, 0.6) is 11.5 Å². The Labute approximate surface area is 300 Å². The van der Waals surface area contributed by atoms with Gasteiger partial charge in [0.1, 0.15) is 23.1 Å². The maximum Gasteiger partial charge on any atom is 0.144 e. The normalized spacial score (nSPS) is 15.0. The number of rotatable bonds is 12. The average Bonchev–Trinajstić information content (AvgIpc) is 3.59. The molecule has 4 N–H and O–H groups in total. The van der Waals surface area contributed by atoms with Gasteiger partial charge in [0.25, 0.3) is 0 Å². The molecule has 0 radical (unpaired) electrons. The number of nitrogens with zero attached hydrogens (tertiary/aromatic N) is 1. The fourth-order valence-corrected chi connectivity index (χ4v) is 6.48. The Morgan fingerprint density at radius 1 is 1.08 bits per heavy atom. The van der Waals surface area contributed by atoms with E-state index in [1.807, 2.05) is 32.1 Å². The van der Waals surface area contributed by atoms with E-state index in [2.05, 4.69) is 79.2 Å². The van der Waals surface area contributed by atoms with Crippen molar-refractivity contribution >= 4 is 28.2 Å². The molecule has 2 aromatic carbocycles. The maximum absolute atomic E-state index is 15.4. The zero-order chi connectivity index (χ0) is 37.0. The lowest BCUT2D eigenvalue weighted by molar-refractivity contribution is 0.398. The summed E-state index contributed by atoms with van der Waals surface area (Å²) in [4.78, 5) is 8.69. The second-order valence-electron chi connectivity index (χ2n) is 11.7. The van der Waals surface area contributed by atoms with Gasteiger partial charge in [0, 0.05) is 47.3 Å². The Bertz CT molecular complexity index is 1860. The Morgan fingerprint density at radius 2 is 1.82 bits per heavy atom. The molecular weight excluding hydrogens is 654 g/mol. The van der Waals surface area contributed by atoms with Gasteiger partial charge in [-0.3, -0.25) is 4.98 Å². The van der Waals surface area contributed by atoms with Crippen molar-refractivity contribution in [3.05, 3.63) is 106 Å². The Morgan fingerprint density at radius 3 is 2.42 bits per heavy atom. The number of hydrogen-bond donors (Lipinski definition) is 3. The quantitative estimate of drug-likeness (QED) is 0.101. The number of nitrogens with two attached hydrogens (primary N) is 1. The van der Waals surface area contributed by atoms with Crippen LogP contribution in [0.4, 0.5) is 8.78 Å². The molecule has 2 aromatic heterocycles. The minimum absolute atomic E-state index is 0.0541. The standard InChI is InChI=1S/C38H42ClF2N3O2.C2H2.CH5N/c1-7-22(4)26-18-35(44-38(25(26)8-2)27-17-30(39)32(41)20-31(27)40)29(23-13-11-10-12-14-23)21-42-33(9-3)36-19-28-34(43-36)15-24(45-5)16-37(28)46-6;2*1-2/h9-13,15-20,22-23,29,42-43H,7-8,14,21H2,1-6H3;1-2H;2H2,1H3/b33-9+;;. The van der Waals surface area contributed by atoms with Gasteiger partial charge >= 0.3 is 0 Å². The minimum atomic E-state index is -0.785. The van der Waals surface area contributed by atoms with E-state index in [0.717, 1.165) is 63.8 Å². The molecular formula is C41H49ClF2N4O2. The first kappa shape index (κ1) is 39.9. The lowest BCUT2D eigenvalue weighted by atomic mass is 9.81. The number of methoxy groups -OCH3 is 2. The van der Waals surface area contributed by atoms with Gasteiger partial charge in [-0.05, 0) is 74.4 Å². The minimum Gasteiger partial charge on any atom is -0.497 e. The molecule has 1 aliphatic carbocycles. The molecule has 6 nitrogen and oxygen atoms in total. The van der Waals surface area contributed by atoms with Crippen molar-refractivity contribution in [3.8, 4) is 35.6 Å². The van der Waals surface area contributed by atoms with E-state index < -0.39 is 11.6 Å². The van der Waals surface area contributed by atoms with E-state index >= 15 is 4.39 Å². The summed E-state index contributed by atoms with van der Waals surface area (Å²) in [5.41, 5.74) is 11.0. The van der Waals surface area contributed by atoms with E-state index in [9.17, 15) is 4.39 Å². The van der Waals surface area contributed by atoms with Crippen molar-refractivity contribution in [2.75, 3.05) is 27.8 Å². The summed E-state index contributed by atoms with van der Waals surface area (Å²) in [6.45, 7) is 8.95. The monoisotopic (exact) mass is 702 g/mol. The van der Waals surface area contributed by atoms with Crippen LogP contribution < -0.4 is 20.5 Å². The fraction of sp³-hybridized carbons (Fsp3) is 0.341. The third kappa shape index (κ3) is 8.76. The number of terminal acetylenes is 1. The van der Waals surface area contributed by atoms with Crippen molar-refractivity contribution in [2.45, 2.75) is 58.8 Å². The number of fused-ring (bicyclic) bond motifs is 1. The molecule has 0 saturated carbocycles. The van der Waals surface area contributed by atoms with Crippen LogP contribution in [0, 0.1) is 30.4 Å². The molecule has 5 rings (SSSR count). The summed E-state index contributed by atoms with van der Waals surface area (Å²) in [6, 6.07) is 10.3. The highest BCUT2D eigenvalue weighted by Crippen LogP contribution is 2.39. The van der Waals surface area contributed by atoms with Crippen LogP contribution in [-0.2, 0) is 6.42 Å². The van der Waals surface area contributed by atoms with E-state index in [-0.39, 0.29) is 28.3 Å². The van der Waals surface area contributed by atoms with Crippen LogP contribution >= 0.6 is 11.6 Å². The van der Waals surface area contributed by atoms with Gasteiger partial charge in [0.05, 0.1) is 41.8 Å². The molecule has 50 heavy (non-hydrogen) atoms. The molecule has 3 atom stereocenters. The van der Waals surface area contributed by atoms with Crippen molar-refractivity contribution in [1.29, 1.82) is 0 Å². The van der Waals surface area contributed by atoms with Crippen molar-refractivity contribution in [2.24, 2.45) is 11.7 Å². The van der Waals surface area contributed by atoms with Gasteiger partial charge < -0.3 is 25.5 Å². The van der Waals surface area contributed by atoms with Gasteiger partial charge in [-0.15, -0.1) is 12.8 Å². The molecule has 266 valence electrons. The lowest BCUT2D eigenvalue weighted by Crippen LogP contribution is -2.27. The van der Waals surface area contributed by atoms with E-state index in [1.54, 1.807) is 14.2 Å². The molecule has 2 heterocycles. The molecule has 0 spiro atoms. The number of ether oxygens (including phenoxy) is 2. The summed E-state index contributed by atoms with van der Waals surface area (Å²) in [5, 5.41) is 4.53. The van der Waals surface area contributed by atoms with Gasteiger partial charge in [-0.2, -0.15) is 0 Å². The molecule has 0 saturated heterocycles. The first-order chi connectivity index (χ1) is 24.2. The average molecular weight is 703 g/mol. The highest BCUT2D eigenvalue weighted by atomic mass is 35.5. The molecule has 4 aromatic rings. The van der Waals surface area contributed by atoms with E-state index in [1.165, 1.54) is 13.1 Å². The van der Waals surface area contributed by atoms with Crippen LogP contribution in [0.15, 0.2) is 66.8 Å². The molecule has 1 aliphatic rings. The SMILES string of the molecule is C#C.C/C=C(/NCC(c1cc(C(C)CC)c(CC)c(-c2cc(Cl)c(F)cc2F)n1)C1C=CC=CC1)c1cc2c(OC)cc(OC)cc2[nH]1.CN. The Kier molecular flexibility index (Phi) is 15.1. The maximum atomic E-state index is 15.4. The summed E-state index contributed by atoms with van der Waals surface area (Å²) in [7, 11) is 4.79. The predicted octanol–water partition coefficient (Wildman–Crippen LogP) is 9.95. The molecule has 9 heteroatoms. The highest BCUT2D eigenvalue weighted by molar-refractivity contribution is 6.31. The summed E-state index contributed by atoms with van der Waals surface area (Å²) in [6.07, 6.45) is 21.0.